The number of halogens is 1. The van der Waals surface area contributed by atoms with Crippen molar-refractivity contribution in [3.8, 4) is 0 Å². The van der Waals surface area contributed by atoms with Gasteiger partial charge in [0, 0.05) is 11.6 Å². The number of rotatable bonds is 2. The molecule has 1 aliphatic heterocycles. The van der Waals surface area contributed by atoms with Crippen molar-refractivity contribution in [1.82, 2.24) is 4.31 Å². The van der Waals surface area contributed by atoms with E-state index in [-0.39, 0.29) is 11.0 Å². The van der Waals surface area contributed by atoms with Gasteiger partial charge in [-0.3, -0.25) is 0 Å². The van der Waals surface area contributed by atoms with E-state index in [0.29, 0.717) is 18.2 Å². The molecule has 0 spiro atoms. The molecule has 0 bridgehead atoms. The number of sulfonamides is 1. The van der Waals surface area contributed by atoms with Gasteiger partial charge in [0.25, 0.3) is 0 Å². The van der Waals surface area contributed by atoms with Gasteiger partial charge in [0.2, 0.25) is 10.0 Å². The predicted molar refractivity (Wildman–Crippen MR) is 74.8 cm³/mol. The molecule has 1 aromatic carbocycles. The van der Waals surface area contributed by atoms with Crippen LogP contribution in [-0.4, -0.2) is 37.5 Å². The Kier molecular flexibility index (Phi) is 3.93. The summed E-state index contributed by atoms with van der Waals surface area (Å²) in [6.07, 6.45) is -0.102. The largest absolute Gasteiger partial charge is 0.375 e. The third-order valence-electron chi connectivity index (χ3n) is 3.22. The molecule has 0 amide bonds. The lowest BCUT2D eigenvalue weighted by atomic mass is 10.1. The van der Waals surface area contributed by atoms with E-state index in [1.807, 2.05) is 20.8 Å². The first kappa shape index (κ1) is 14.8. The van der Waals surface area contributed by atoms with Gasteiger partial charge >= 0.3 is 0 Å². The van der Waals surface area contributed by atoms with Crippen molar-refractivity contribution >= 4 is 21.6 Å². The van der Waals surface area contributed by atoms with Crippen LogP contribution in [0.1, 0.15) is 20.8 Å². The molecular weight excluding hydrogens is 286 g/mol. The van der Waals surface area contributed by atoms with Gasteiger partial charge in [0.1, 0.15) is 0 Å². The molecule has 0 saturated carbocycles. The number of hydrogen-bond acceptors (Lipinski definition) is 3. The molecule has 1 aromatic rings. The zero-order chi connectivity index (χ0) is 14.3. The summed E-state index contributed by atoms with van der Waals surface area (Å²) in [4.78, 5) is 0.263. The molecule has 106 valence electrons. The minimum absolute atomic E-state index is 0.102. The molecule has 1 atom stereocenters. The first-order chi connectivity index (χ1) is 8.73. The molecule has 1 unspecified atom stereocenters. The number of nitrogens with zero attached hydrogens (tertiary/aromatic N) is 1. The molecule has 0 aromatic heterocycles. The van der Waals surface area contributed by atoms with Gasteiger partial charge in [-0.25, -0.2) is 8.42 Å². The Morgan fingerprint density at radius 1 is 1.32 bits per heavy atom. The molecule has 1 aliphatic rings. The van der Waals surface area contributed by atoms with Gasteiger partial charge < -0.3 is 4.74 Å². The van der Waals surface area contributed by atoms with Crippen LogP contribution >= 0.6 is 11.6 Å². The maximum atomic E-state index is 12.7. The van der Waals surface area contributed by atoms with Crippen LogP contribution < -0.4 is 0 Å². The number of benzene rings is 1. The van der Waals surface area contributed by atoms with Gasteiger partial charge in [-0.15, -0.1) is 0 Å². The Balaban J connectivity index is 2.40. The number of hydrogen-bond donors (Lipinski definition) is 0. The van der Waals surface area contributed by atoms with Crippen molar-refractivity contribution in [2.45, 2.75) is 37.3 Å². The molecule has 19 heavy (non-hydrogen) atoms. The summed E-state index contributed by atoms with van der Waals surface area (Å²) >= 11 is 5.80. The first-order valence-corrected chi connectivity index (χ1v) is 7.95. The number of morpholine rings is 1. The van der Waals surface area contributed by atoms with Crippen LogP contribution in [-0.2, 0) is 14.8 Å². The van der Waals surface area contributed by atoms with E-state index in [2.05, 4.69) is 0 Å². The average molecular weight is 304 g/mol. The lowest BCUT2D eigenvalue weighted by molar-refractivity contribution is -0.0551. The van der Waals surface area contributed by atoms with Crippen molar-refractivity contribution in [1.29, 1.82) is 0 Å². The SMILES string of the molecule is CC1CN(S(=O)(=O)c2ccc(Cl)cc2)C(C)(C)CO1. The molecule has 4 nitrogen and oxygen atoms in total. The Morgan fingerprint density at radius 2 is 1.89 bits per heavy atom. The maximum Gasteiger partial charge on any atom is 0.243 e. The summed E-state index contributed by atoms with van der Waals surface area (Å²) < 4.78 is 32.4. The molecule has 2 rings (SSSR count). The molecule has 0 radical (unpaired) electrons. The Morgan fingerprint density at radius 3 is 2.47 bits per heavy atom. The molecule has 0 aliphatic carbocycles. The molecule has 0 N–H and O–H groups in total. The molecule has 1 heterocycles. The van der Waals surface area contributed by atoms with E-state index in [0.717, 1.165) is 0 Å². The van der Waals surface area contributed by atoms with Crippen molar-refractivity contribution < 1.29 is 13.2 Å². The summed E-state index contributed by atoms with van der Waals surface area (Å²) in [5, 5.41) is 0.522. The fourth-order valence-electron chi connectivity index (χ4n) is 2.11. The summed E-state index contributed by atoms with van der Waals surface area (Å²) in [5.41, 5.74) is -0.551. The zero-order valence-electron chi connectivity index (χ0n) is 11.3. The highest BCUT2D eigenvalue weighted by Gasteiger charge is 2.41. The van der Waals surface area contributed by atoms with Crippen LogP contribution in [0.5, 0.6) is 0 Å². The van der Waals surface area contributed by atoms with Crippen LogP contribution in [0.3, 0.4) is 0 Å². The topological polar surface area (TPSA) is 46.6 Å². The normalized spacial score (nSPS) is 24.3. The van der Waals surface area contributed by atoms with Gasteiger partial charge in [0.05, 0.1) is 23.1 Å². The Labute approximate surface area is 119 Å². The second-order valence-corrected chi connectivity index (χ2v) is 7.72. The number of ether oxygens (including phenoxy) is 1. The van der Waals surface area contributed by atoms with Crippen LogP contribution in [0.15, 0.2) is 29.2 Å². The summed E-state index contributed by atoms with van der Waals surface area (Å²) in [6, 6.07) is 6.25. The van der Waals surface area contributed by atoms with E-state index in [9.17, 15) is 8.42 Å². The van der Waals surface area contributed by atoms with E-state index < -0.39 is 15.6 Å². The Hall–Kier alpha value is -0.620. The zero-order valence-corrected chi connectivity index (χ0v) is 12.8. The standard InChI is InChI=1S/C13H18ClNO3S/c1-10-8-15(13(2,3)9-18-10)19(16,17)12-6-4-11(14)5-7-12/h4-7,10H,8-9H2,1-3H3. The average Bonchev–Trinajstić information content (AvgIpc) is 2.33. The second kappa shape index (κ2) is 5.05. The maximum absolute atomic E-state index is 12.7. The van der Waals surface area contributed by atoms with E-state index in [4.69, 9.17) is 16.3 Å². The smallest absolute Gasteiger partial charge is 0.243 e. The van der Waals surface area contributed by atoms with E-state index >= 15 is 0 Å². The van der Waals surface area contributed by atoms with Gasteiger partial charge in [-0.1, -0.05) is 11.6 Å². The monoisotopic (exact) mass is 303 g/mol. The van der Waals surface area contributed by atoms with E-state index in [1.54, 1.807) is 12.1 Å². The highest BCUT2D eigenvalue weighted by Crippen LogP contribution is 2.29. The van der Waals surface area contributed by atoms with Gasteiger partial charge in [-0.2, -0.15) is 4.31 Å². The molecule has 6 heteroatoms. The fourth-order valence-corrected chi connectivity index (χ4v) is 4.08. The quantitative estimate of drug-likeness (QED) is 0.843. The lowest BCUT2D eigenvalue weighted by Crippen LogP contribution is -2.57. The lowest BCUT2D eigenvalue weighted by Gasteiger charge is -2.43. The minimum atomic E-state index is -3.52. The first-order valence-electron chi connectivity index (χ1n) is 6.13. The minimum Gasteiger partial charge on any atom is -0.375 e. The van der Waals surface area contributed by atoms with Crippen molar-refractivity contribution in [2.75, 3.05) is 13.2 Å². The summed E-state index contributed by atoms with van der Waals surface area (Å²) in [7, 11) is -3.52. The van der Waals surface area contributed by atoms with Crippen LogP contribution in [0.2, 0.25) is 5.02 Å². The van der Waals surface area contributed by atoms with Crippen molar-refractivity contribution in [3.63, 3.8) is 0 Å². The highest BCUT2D eigenvalue weighted by atomic mass is 35.5. The molecule has 1 saturated heterocycles. The van der Waals surface area contributed by atoms with Crippen LogP contribution in [0.25, 0.3) is 0 Å². The van der Waals surface area contributed by atoms with E-state index in [1.165, 1.54) is 16.4 Å². The van der Waals surface area contributed by atoms with Crippen LogP contribution in [0, 0.1) is 0 Å². The summed E-state index contributed by atoms with van der Waals surface area (Å²) in [6.45, 7) is 6.36. The third kappa shape index (κ3) is 2.94. The van der Waals surface area contributed by atoms with Crippen molar-refractivity contribution in [2.24, 2.45) is 0 Å². The van der Waals surface area contributed by atoms with Gasteiger partial charge in [-0.05, 0) is 45.0 Å². The molecular formula is C13H18ClNO3S. The van der Waals surface area contributed by atoms with Crippen LogP contribution in [0.4, 0.5) is 0 Å². The highest BCUT2D eigenvalue weighted by molar-refractivity contribution is 7.89. The second-order valence-electron chi connectivity index (χ2n) is 5.42. The summed E-state index contributed by atoms with van der Waals surface area (Å²) in [5.74, 6) is 0. The third-order valence-corrected chi connectivity index (χ3v) is 5.56. The van der Waals surface area contributed by atoms with Crippen molar-refractivity contribution in [3.05, 3.63) is 29.3 Å². The Bertz CT molecular complexity index is 554. The van der Waals surface area contributed by atoms with Gasteiger partial charge in [0.15, 0.2) is 0 Å². The predicted octanol–water partition coefficient (Wildman–Crippen LogP) is 2.53. The molecule has 1 fully saturated rings. The fraction of sp³-hybridized carbons (Fsp3) is 0.538.